The first-order valence-electron chi connectivity index (χ1n) is 14.8. The molecule has 47 heavy (non-hydrogen) atoms. The maximum atomic E-state index is 13.4. The Labute approximate surface area is 271 Å². The van der Waals surface area contributed by atoms with Crippen molar-refractivity contribution in [3.05, 3.63) is 68.6 Å². The Morgan fingerprint density at radius 2 is 1.81 bits per heavy atom. The van der Waals surface area contributed by atoms with Gasteiger partial charge in [-0.1, -0.05) is 11.6 Å². The zero-order valence-electron chi connectivity index (χ0n) is 27.3. The lowest BCUT2D eigenvalue weighted by Crippen LogP contribution is -2.65. The van der Waals surface area contributed by atoms with Crippen molar-refractivity contribution in [3.8, 4) is 17.2 Å². The number of phenols is 1. The molecule has 0 radical (unpaired) electrons. The first-order chi connectivity index (χ1) is 22.1. The molecular formula is C33H41N3O11. The standard InChI is InChI=1S/C33H41N3O11/c1-15(2)8-9-17-12-18(13-19(14-35-6)23(17)37)29(40)36-22-24(38)20-10-11-21(16(3)26(20)45-30(22)41)44-31-25(39)27(46-32(34)42)28(43-7)33(4,5)47-31/h8,10-13,25,27-28,31,35,37-39H,9,14H2,1-7H3,(H2,34,42)(H,36,40)/t25-,27+,28-,31-/m1/s1. The van der Waals surface area contributed by atoms with Gasteiger partial charge < -0.3 is 55.1 Å². The van der Waals surface area contributed by atoms with Crippen molar-refractivity contribution < 1.29 is 48.3 Å². The summed E-state index contributed by atoms with van der Waals surface area (Å²) in [6, 6.07) is 5.88. The van der Waals surface area contributed by atoms with Gasteiger partial charge in [0.25, 0.3) is 5.91 Å². The van der Waals surface area contributed by atoms with Gasteiger partial charge in [0.2, 0.25) is 6.29 Å². The van der Waals surface area contributed by atoms with Gasteiger partial charge in [-0.15, -0.1) is 0 Å². The summed E-state index contributed by atoms with van der Waals surface area (Å²) in [5.74, 6) is -1.06. The van der Waals surface area contributed by atoms with E-state index in [-0.39, 0.29) is 40.1 Å². The van der Waals surface area contributed by atoms with Crippen molar-refractivity contribution in [2.75, 3.05) is 19.5 Å². The number of amides is 2. The lowest BCUT2D eigenvalue weighted by Gasteiger charge is -2.47. The number of benzene rings is 2. The molecule has 1 aliphatic heterocycles. The van der Waals surface area contributed by atoms with Crippen molar-refractivity contribution >= 4 is 28.7 Å². The first-order valence-corrected chi connectivity index (χ1v) is 14.8. The summed E-state index contributed by atoms with van der Waals surface area (Å²) in [5.41, 5.74) is 5.02. The number of carbonyl (C=O) groups is 2. The third-order valence-electron chi connectivity index (χ3n) is 7.88. The van der Waals surface area contributed by atoms with Crippen LogP contribution in [0.5, 0.6) is 17.2 Å². The zero-order chi connectivity index (χ0) is 34.8. The van der Waals surface area contributed by atoms with E-state index in [1.807, 2.05) is 19.9 Å². The molecule has 0 saturated carbocycles. The average molecular weight is 656 g/mol. The third kappa shape index (κ3) is 7.36. The number of nitrogens with two attached hydrogens (primary N) is 1. The number of phenolic OH excluding ortho intramolecular Hbond substituents is 1. The molecule has 4 atom stereocenters. The number of anilines is 1. The van der Waals surface area contributed by atoms with Crippen LogP contribution in [0.25, 0.3) is 11.0 Å². The van der Waals surface area contributed by atoms with Crippen molar-refractivity contribution in [2.24, 2.45) is 5.73 Å². The van der Waals surface area contributed by atoms with Gasteiger partial charge in [0, 0.05) is 30.3 Å². The molecule has 0 spiro atoms. The summed E-state index contributed by atoms with van der Waals surface area (Å²) in [4.78, 5) is 38.0. The molecule has 1 fully saturated rings. The predicted molar refractivity (Wildman–Crippen MR) is 172 cm³/mol. The van der Waals surface area contributed by atoms with Gasteiger partial charge in [-0.25, -0.2) is 9.59 Å². The topological polar surface area (TPSA) is 212 Å². The fraction of sp³-hybridized carbons (Fsp3) is 0.424. The number of hydrogen-bond acceptors (Lipinski definition) is 12. The highest BCUT2D eigenvalue weighted by Crippen LogP contribution is 2.38. The number of hydrogen-bond donors (Lipinski definition) is 6. The number of aryl methyl sites for hydroxylation is 1. The van der Waals surface area contributed by atoms with Crippen LogP contribution >= 0.6 is 0 Å². The molecular weight excluding hydrogens is 614 g/mol. The number of ether oxygens (including phenoxy) is 4. The van der Waals surface area contributed by atoms with E-state index in [2.05, 4.69) is 10.6 Å². The highest BCUT2D eigenvalue weighted by molar-refractivity contribution is 6.07. The molecule has 1 aromatic heterocycles. The number of carbonyl (C=O) groups excluding carboxylic acids is 2. The van der Waals surface area contributed by atoms with E-state index >= 15 is 0 Å². The maximum Gasteiger partial charge on any atom is 0.404 e. The van der Waals surface area contributed by atoms with Crippen LogP contribution in [0.1, 0.15) is 54.7 Å². The van der Waals surface area contributed by atoms with Crippen LogP contribution in [0.4, 0.5) is 10.5 Å². The molecule has 7 N–H and O–H groups in total. The van der Waals surface area contributed by atoms with E-state index in [1.54, 1.807) is 27.8 Å². The van der Waals surface area contributed by atoms with E-state index in [4.69, 9.17) is 29.1 Å². The van der Waals surface area contributed by atoms with E-state index in [9.17, 15) is 29.7 Å². The molecule has 0 bridgehead atoms. The Morgan fingerprint density at radius 3 is 2.43 bits per heavy atom. The molecule has 2 aromatic carbocycles. The van der Waals surface area contributed by atoms with Gasteiger partial charge in [0.15, 0.2) is 23.6 Å². The lowest BCUT2D eigenvalue weighted by molar-refractivity contribution is -0.304. The Balaban J connectivity index is 1.66. The molecule has 4 rings (SSSR count). The normalized spacial score (nSPS) is 20.4. The number of rotatable bonds is 10. The highest BCUT2D eigenvalue weighted by Gasteiger charge is 2.53. The number of fused-ring (bicyclic) bond motifs is 1. The monoisotopic (exact) mass is 655 g/mol. The number of aliphatic hydroxyl groups is 1. The molecule has 254 valence electrons. The molecule has 2 heterocycles. The minimum atomic E-state index is -1.52. The molecule has 0 aliphatic carbocycles. The van der Waals surface area contributed by atoms with Crippen LogP contribution in [0.3, 0.4) is 0 Å². The molecule has 1 saturated heterocycles. The Hall–Kier alpha value is -4.63. The third-order valence-corrected chi connectivity index (χ3v) is 7.88. The van der Waals surface area contributed by atoms with E-state index in [1.165, 1.54) is 31.4 Å². The largest absolute Gasteiger partial charge is 0.507 e. The number of methoxy groups -OCH3 is 1. The van der Waals surface area contributed by atoms with Crippen molar-refractivity contribution in [2.45, 2.75) is 77.8 Å². The van der Waals surface area contributed by atoms with Gasteiger partial charge in [0.1, 0.15) is 23.2 Å². The Bertz CT molecular complexity index is 1760. The van der Waals surface area contributed by atoms with Crippen LogP contribution in [-0.2, 0) is 27.2 Å². The number of aromatic hydroxyl groups is 2. The second-order valence-corrected chi connectivity index (χ2v) is 12.0. The van der Waals surface area contributed by atoms with Gasteiger partial charge in [0.05, 0.1) is 11.0 Å². The van der Waals surface area contributed by atoms with Gasteiger partial charge in [-0.3, -0.25) is 4.79 Å². The van der Waals surface area contributed by atoms with E-state index in [0.717, 1.165) is 5.57 Å². The average Bonchev–Trinajstić information content (AvgIpc) is 2.99. The van der Waals surface area contributed by atoms with E-state index in [0.29, 0.717) is 17.5 Å². The molecule has 14 heteroatoms. The van der Waals surface area contributed by atoms with Crippen molar-refractivity contribution in [1.82, 2.24) is 5.32 Å². The van der Waals surface area contributed by atoms with Crippen LogP contribution < -0.4 is 26.7 Å². The van der Waals surface area contributed by atoms with Crippen LogP contribution in [-0.4, -0.2) is 71.7 Å². The minimum absolute atomic E-state index is 0.0442. The number of nitrogens with one attached hydrogen (secondary N) is 2. The number of primary amides is 1. The molecule has 0 unspecified atom stereocenters. The fourth-order valence-electron chi connectivity index (χ4n) is 5.54. The minimum Gasteiger partial charge on any atom is -0.507 e. The number of aliphatic hydroxyl groups excluding tert-OH is 1. The van der Waals surface area contributed by atoms with Crippen LogP contribution in [0.15, 0.2) is 45.1 Å². The summed E-state index contributed by atoms with van der Waals surface area (Å²) in [6.45, 7) is 9.00. The lowest BCUT2D eigenvalue weighted by atomic mass is 9.89. The molecule has 3 aromatic rings. The Kier molecular flexibility index (Phi) is 10.5. The molecule has 14 nitrogen and oxygen atoms in total. The van der Waals surface area contributed by atoms with Gasteiger partial charge in [-0.2, -0.15) is 0 Å². The number of allylic oxidation sites excluding steroid dienone is 2. The van der Waals surface area contributed by atoms with Gasteiger partial charge in [-0.05, 0) is 77.9 Å². The Morgan fingerprint density at radius 1 is 1.13 bits per heavy atom. The predicted octanol–water partition coefficient (Wildman–Crippen LogP) is 3.35. The summed E-state index contributed by atoms with van der Waals surface area (Å²) in [5, 5.41) is 38.3. The highest BCUT2D eigenvalue weighted by atomic mass is 16.7. The second kappa shape index (κ2) is 14.0. The van der Waals surface area contributed by atoms with Crippen molar-refractivity contribution in [3.63, 3.8) is 0 Å². The first kappa shape index (κ1) is 35.2. The summed E-state index contributed by atoms with van der Waals surface area (Å²) >= 11 is 0. The fourth-order valence-corrected chi connectivity index (χ4v) is 5.54. The van der Waals surface area contributed by atoms with Gasteiger partial charge >= 0.3 is 11.7 Å². The SMILES string of the molecule is CNCc1cc(C(=O)Nc2c(O)c3ccc(O[C@@H]4OC(C)(C)[C@H](OC)[C@@H](OC(N)=O)[C@H]4O)c(C)c3oc2=O)cc(CC=C(C)C)c1O. The van der Waals surface area contributed by atoms with Crippen molar-refractivity contribution in [1.29, 1.82) is 0 Å². The molecule has 2 amide bonds. The molecule has 1 aliphatic rings. The second-order valence-electron chi connectivity index (χ2n) is 12.0. The quantitative estimate of drug-likeness (QED) is 0.137. The summed E-state index contributed by atoms with van der Waals surface area (Å²) < 4.78 is 28.0. The smallest absolute Gasteiger partial charge is 0.404 e. The maximum absolute atomic E-state index is 13.4. The summed E-state index contributed by atoms with van der Waals surface area (Å²) in [6.07, 6.45) is -3.83. The van der Waals surface area contributed by atoms with Crippen LogP contribution in [0.2, 0.25) is 0 Å². The zero-order valence-corrected chi connectivity index (χ0v) is 27.3. The van der Waals surface area contributed by atoms with Crippen LogP contribution in [0, 0.1) is 6.92 Å². The summed E-state index contributed by atoms with van der Waals surface area (Å²) in [7, 11) is 3.07. The van der Waals surface area contributed by atoms with E-state index < -0.39 is 59.3 Å².